The number of benzene rings is 1. The molecule has 0 aliphatic rings. The Labute approximate surface area is 103 Å². The summed E-state index contributed by atoms with van der Waals surface area (Å²) in [6.45, 7) is 5.34. The van der Waals surface area contributed by atoms with Crippen LogP contribution in [-0.4, -0.2) is 21.1 Å². The quantitative estimate of drug-likeness (QED) is 0.471. The Balaban J connectivity index is 2.57. The molecular weight excluding hydrogens is 238 g/mol. The van der Waals surface area contributed by atoms with E-state index in [1.165, 1.54) is 0 Å². The maximum atomic E-state index is 11.5. The minimum atomic E-state index is -1.45. The van der Waals surface area contributed by atoms with Crippen molar-refractivity contribution < 1.29 is 13.7 Å². The maximum Gasteiger partial charge on any atom is 0.355 e. The molecule has 0 amide bonds. The summed E-state index contributed by atoms with van der Waals surface area (Å²) in [6, 6.07) is 8.65. The molecule has 1 rings (SSSR count). The van der Waals surface area contributed by atoms with Crippen molar-refractivity contribution in [1.29, 1.82) is 0 Å². The Hall–Kier alpha value is -1.49. The molecule has 0 N–H and O–H groups in total. The van der Waals surface area contributed by atoms with E-state index in [1.807, 2.05) is 6.07 Å². The van der Waals surface area contributed by atoms with E-state index in [-0.39, 0.29) is 0 Å². The number of hydrogen-bond acceptors (Lipinski definition) is 3. The van der Waals surface area contributed by atoms with Crippen LogP contribution in [0.25, 0.3) is 0 Å². The molecule has 4 nitrogen and oxygen atoms in total. The third kappa shape index (κ3) is 4.91. The fourth-order valence-electron chi connectivity index (χ4n) is 0.880. The highest BCUT2D eigenvalue weighted by Gasteiger charge is 2.18. The van der Waals surface area contributed by atoms with Crippen LogP contribution in [-0.2, 0) is 15.8 Å². The highest BCUT2D eigenvalue weighted by molar-refractivity contribution is 7.85. The Kier molecular flexibility index (Phi) is 4.57. The van der Waals surface area contributed by atoms with E-state index in [1.54, 1.807) is 45.0 Å². The van der Waals surface area contributed by atoms with Gasteiger partial charge in [0, 0.05) is 0 Å². The maximum absolute atomic E-state index is 11.5. The van der Waals surface area contributed by atoms with Crippen LogP contribution in [0.3, 0.4) is 0 Å². The largest absolute Gasteiger partial charge is 0.422 e. The Morgan fingerprint density at radius 1 is 1.29 bits per heavy atom. The second-order valence-electron chi connectivity index (χ2n) is 4.33. The zero-order valence-electron chi connectivity index (χ0n) is 10.0. The molecule has 1 aromatic rings. The first-order valence-electron chi connectivity index (χ1n) is 5.12. The summed E-state index contributed by atoms with van der Waals surface area (Å²) >= 11 is 0. The summed E-state index contributed by atoms with van der Waals surface area (Å²) in [6.07, 6.45) is 0.953. The lowest BCUT2D eigenvalue weighted by molar-refractivity contribution is -0.126. The molecule has 0 saturated heterocycles. The van der Waals surface area contributed by atoms with Gasteiger partial charge in [0.15, 0.2) is 0 Å². The molecule has 17 heavy (non-hydrogen) atoms. The monoisotopic (exact) mass is 253 g/mol. The minimum absolute atomic E-state index is 0.436. The number of rotatable bonds is 3. The molecule has 0 aliphatic heterocycles. The topological polar surface area (TPSA) is 55.7 Å². The smallest absolute Gasteiger partial charge is 0.355 e. The molecule has 0 aliphatic carbocycles. The van der Waals surface area contributed by atoms with Crippen LogP contribution in [0.1, 0.15) is 20.8 Å². The molecule has 0 saturated carbocycles. The van der Waals surface area contributed by atoms with Crippen LogP contribution >= 0.6 is 0 Å². The third-order valence-corrected chi connectivity index (χ3v) is 3.08. The number of hydrogen-bond donors (Lipinski definition) is 0. The van der Waals surface area contributed by atoms with Crippen LogP contribution in [0.5, 0.6) is 5.75 Å². The van der Waals surface area contributed by atoms with Crippen LogP contribution in [0, 0.1) is 0 Å². The SMILES string of the molecule is CC(C)(C)S(=O)/N=C/C(=O)Oc1ccccc1. The normalized spacial score (nSPS) is 13.6. The van der Waals surface area contributed by atoms with Gasteiger partial charge in [0.2, 0.25) is 0 Å². The summed E-state index contributed by atoms with van der Waals surface area (Å²) in [5.41, 5.74) is 0. The lowest BCUT2D eigenvalue weighted by Gasteiger charge is -2.12. The van der Waals surface area contributed by atoms with E-state index in [0.717, 1.165) is 6.21 Å². The lowest BCUT2D eigenvalue weighted by atomic mass is 10.3. The first kappa shape index (κ1) is 13.6. The van der Waals surface area contributed by atoms with Gasteiger partial charge >= 0.3 is 5.97 Å². The van der Waals surface area contributed by atoms with Gasteiger partial charge in [-0.25, -0.2) is 9.00 Å². The van der Waals surface area contributed by atoms with E-state index < -0.39 is 21.7 Å². The molecule has 0 heterocycles. The van der Waals surface area contributed by atoms with Crippen molar-refractivity contribution in [2.45, 2.75) is 25.5 Å². The van der Waals surface area contributed by atoms with E-state index in [4.69, 9.17) is 4.74 Å². The first-order chi connectivity index (χ1) is 7.89. The van der Waals surface area contributed by atoms with Gasteiger partial charge in [-0.15, -0.1) is 0 Å². The molecule has 1 atom stereocenters. The Morgan fingerprint density at radius 3 is 2.41 bits per heavy atom. The highest BCUT2D eigenvalue weighted by Crippen LogP contribution is 2.12. The van der Waals surface area contributed by atoms with Crippen molar-refractivity contribution in [2.24, 2.45) is 4.40 Å². The minimum Gasteiger partial charge on any atom is -0.422 e. The zero-order valence-corrected chi connectivity index (χ0v) is 10.9. The molecule has 0 spiro atoms. The number of esters is 1. The zero-order chi connectivity index (χ0) is 12.9. The molecular formula is C12H15NO3S. The van der Waals surface area contributed by atoms with Gasteiger partial charge in [-0.05, 0) is 32.9 Å². The van der Waals surface area contributed by atoms with Crippen LogP contribution in [0.15, 0.2) is 34.7 Å². The Morgan fingerprint density at radius 2 is 1.88 bits per heavy atom. The van der Waals surface area contributed by atoms with Crippen molar-refractivity contribution in [1.82, 2.24) is 0 Å². The molecule has 0 radical (unpaired) electrons. The molecule has 1 aromatic carbocycles. The van der Waals surface area contributed by atoms with Gasteiger partial charge in [0.25, 0.3) is 0 Å². The average Bonchev–Trinajstić information content (AvgIpc) is 2.26. The molecule has 0 aromatic heterocycles. The number of para-hydroxylation sites is 1. The van der Waals surface area contributed by atoms with Gasteiger partial charge in [-0.2, -0.15) is 4.40 Å². The van der Waals surface area contributed by atoms with Crippen molar-refractivity contribution in [3.8, 4) is 5.75 Å². The average molecular weight is 253 g/mol. The molecule has 5 heteroatoms. The van der Waals surface area contributed by atoms with Gasteiger partial charge < -0.3 is 4.74 Å². The summed E-state index contributed by atoms with van der Waals surface area (Å²) in [7, 11) is -1.45. The predicted molar refractivity (Wildman–Crippen MR) is 68.5 cm³/mol. The summed E-state index contributed by atoms with van der Waals surface area (Å²) < 4.78 is 19.7. The number of ether oxygens (including phenoxy) is 1. The van der Waals surface area contributed by atoms with Crippen molar-refractivity contribution in [3.05, 3.63) is 30.3 Å². The fraction of sp³-hybridized carbons (Fsp3) is 0.333. The molecule has 0 fully saturated rings. The van der Waals surface area contributed by atoms with Crippen molar-refractivity contribution in [2.75, 3.05) is 0 Å². The fourth-order valence-corrected chi connectivity index (χ4v) is 1.38. The van der Waals surface area contributed by atoms with Gasteiger partial charge in [-0.1, -0.05) is 18.2 Å². The second kappa shape index (κ2) is 5.72. The molecule has 1 unspecified atom stereocenters. The van der Waals surface area contributed by atoms with Gasteiger partial charge in [-0.3, -0.25) is 0 Å². The molecule has 0 bridgehead atoms. The van der Waals surface area contributed by atoms with Crippen LogP contribution in [0.4, 0.5) is 0 Å². The third-order valence-electron chi connectivity index (χ3n) is 1.74. The van der Waals surface area contributed by atoms with Gasteiger partial charge in [0.1, 0.15) is 22.9 Å². The van der Waals surface area contributed by atoms with Crippen molar-refractivity contribution >= 4 is 23.2 Å². The first-order valence-corrected chi connectivity index (χ1v) is 6.23. The number of nitrogens with zero attached hydrogens (tertiary/aromatic N) is 1. The van der Waals surface area contributed by atoms with Gasteiger partial charge in [0.05, 0.1) is 4.75 Å². The molecule has 92 valence electrons. The van der Waals surface area contributed by atoms with E-state index in [0.29, 0.717) is 5.75 Å². The number of carbonyl (C=O) groups is 1. The highest BCUT2D eigenvalue weighted by atomic mass is 32.2. The summed E-state index contributed by atoms with van der Waals surface area (Å²) in [4.78, 5) is 11.3. The lowest BCUT2D eigenvalue weighted by Crippen LogP contribution is -2.20. The summed E-state index contributed by atoms with van der Waals surface area (Å²) in [5.74, 6) is -0.195. The standard InChI is InChI=1S/C12H15NO3S/c1-12(2,3)17(15)13-9-11(14)16-10-7-5-4-6-8-10/h4-9H,1-3H3/b13-9+. The van der Waals surface area contributed by atoms with Crippen LogP contribution < -0.4 is 4.74 Å². The van der Waals surface area contributed by atoms with E-state index in [2.05, 4.69) is 4.40 Å². The van der Waals surface area contributed by atoms with Crippen molar-refractivity contribution in [3.63, 3.8) is 0 Å². The van der Waals surface area contributed by atoms with E-state index in [9.17, 15) is 9.00 Å². The Bertz CT molecular complexity index is 435. The van der Waals surface area contributed by atoms with E-state index >= 15 is 0 Å². The predicted octanol–water partition coefficient (Wildman–Crippen LogP) is 2.12. The summed E-state index contributed by atoms with van der Waals surface area (Å²) in [5, 5.41) is 0. The second-order valence-corrected chi connectivity index (χ2v) is 6.26. The van der Waals surface area contributed by atoms with Crippen LogP contribution in [0.2, 0.25) is 0 Å². The number of carbonyl (C=O) groups excluding carboxylic acids is 1.